The second kappa shape index (κ2) is 9.98. The highest BCUT2D eigenvalue weighted by Crippen LogP contribution is 2.27. The van der Waals surface area contributed by atoms with Crippen LogP contribution in [0.5, 0.6) is 0 Å². The van der Waals surface area contributed by atoms with E-state index in [2.05, 4.69) is 15.2 Å². The van der Waals surface area contributed by atoms with E-state index in [1.807, 2.05) is 30.3 Å². The molecule has 5 rings (SSSR count). The Kier molecular flexibility index (Phi) is 6.73. The Morgan fingerprint density at radius 1 is 1.16 bits per heavy atom. The van der Waals surface area contributed by atoms with Gasteiger partial charge in [-0.2, -0.15) is 8.78 Å². The first kappa shape index (κ1) is 25.0. The maximum atomic E-state index is 13.6. The lowest BCUT2D eigenvalue weighted by atomic mass is 9.96. The standard InChI is InChI=1S/C24H24F2N6O4S/c1-37(34,35)31-11-8-16(9-12-31)24(33)32(19-5-3-2-4-6-19)15-18-14-30-10-7-17(13-20(30)27-18)22-28-29-23(36-22)21(25)26/h2-7,10,13-14,16,21H,8-9,11-12,15H2,1H3. The first-order valence-corrected chi connectivity index (χ1v) is 13.4. The number of rotatable bonds is 7. The zero-order valence-corrected chi connectivity index (χ0v) is 20.7. The van der Waals surface area contributed by atoms with Crippen molar-refractivity contribution in [2.24, 2.45) is 5.92 Å². The third-order valence-electron chi connectivity index (χ3n) is 6.31. The highest BCUT2D eigenvalue weighted by atomic mass is 32.2. The highest BCUT2D eigenvalue weighted by Gasteiger charge is 2.32. The first-order valence-electron chi connectivity index (χ1n) is 11.6. The largest absolute Gasteiger partial charge is 0.415 e. The van der Waals surface area contributed by atoms with Crippen LogP contribution < -0.4 is 4.90 Å². The SMILES string of the molecule is CS(=O)(=O)N1CCC(C(=O)N(Cc2cn3ccc(-c4nnc(C(F)F)o4)cc3n2)c2ccccc2)CC1. The fourth-order valence-electron chi connectivity index (χ4n) is 4.40. The van der Waals surface area contributed by atoms with Crippen molar-refractivity contribution in [3.8, 4) is 11.5 Å². The van der Waals surface area contributed by atoms with Crippen molar-refractivity contribution in [3.05, 3.63) is 66.4 Å². The van der Waals surface area contributed by atoms with Gasteiger partial charge in [-0.1, -0.05) is 18.2 Å². The van der Waals surface area contributed by atoms with Gasteiger partial charge in [0.2, 0.25) is 21.8 Å². The zero-order valence-electron chi connectivity index (χ0n) is 19.9. The van der Waals surface area contributed by atoms with Gasteiger partial charge in [-0.15, -0.1) is 10.2 Å². The molecular formula is C24H24F2N6O4S. The second-order valence-corrected chi connectivity index (χ2v) is 10.8. The number of carbonyl (C=O) groups excluding carboxylic acids is 1. The summed E-state index contributed by atoms with van der Waals surface area (Å²) in [6, 6.07) is 12.5. The number of imidazole rings is 1. The number of anilines is 1. The molecule has 0 N–H and O–H groups in total. The number of carbonyl (C=O) groups is 1. The fraction of sp³-hybridized carbons (Fsp3) is 0.333. The van der Waals surface area contributed by atoms with Gasteiger partial charge < -0.3 is 13.7 Å². The number of pyridine rings is 1. The van der Waals surface area contributed by atoms with Crippen LogP contribution in [0.3, 0.4) is 0 Å². The molecule has 0 radical (unpaired) electrons. The average Bonchev–Trinajstić information content (AvgIpc) is 3.54. The molecule has 0 bridgehead atoms. The zero-order chi connectivity index (χ0) is 26.2. The van der Waals surface area contributed by atoms with E-state index in [1.165, 1.54) is 10.6 Å². The number of para-hydroxylation sites is 1. The summed E-state index contributed by atoms with van der Waals surface area (Å²) in [6.07, 6.45) is 2.68. The topological polar surface area (TPSA) is 114 Å². The number of halogens is 2. The minimum atomic E-state index is -3.29. The van der Waals surface area contributed by atoms with Gasteiger partial charge in [-0.25, -0.2) is 17.7 Å². The van der Waals surface area contributed by atoms with E-state index < -0.39 is 22.3 Å². The van der Waals surface area contributed by atoms with Crippen molar-refractivity contribution in [2.45, 2.75) is 25.8 Å². The summed E-state index contributed by atoms with van der Waals surface area (Å²) in [5.41, 5.74) is 2.28. The maximum absolute atomic E-state index is 13.6. The normalized spacial score (nSPS) is 15.5. The number of piperidine rings is 1. The summed E-state index contributed by atoms with van der Waals surface area (Å²) < 4.78 is 57.5. The molecule has 194 valence electrons. The number of sulfonamides is 1. The number of amides is 1. The molecule has 0 aliphatic carbocycles. The number of hydrogen-bond acceptors (Lipinski definition) is 7. The molecule has 1 amide bonds. The number of nitrogens with zero attached hydrogens (tertiary/aromatic N) is 6. The molecule has 4 aromatic rings. The Bertz CT molecular complexity index is 1510. The smallest absolute Gasteiger partial charge is 0.314 e. The molecule has 1 aromatic carbocycles. The monoisotopic (exact) mass is 530 g/mol. The first-order chi connectivity index (χ1) is 17.7. The third kappa shape index (κ3) is 5.37. The van der Waals surface area contributed by atoms with E-state index in [9.17, 15) is 22.0 Å². The predicted molar refractivity (Wildman–Crippen MR) is 130 cm³/mol. The summed E-state index contributed by atoms with van der Waals surface area (Å²) in [5, 5.41) is 7.03. The summed E-state index contributed by atoms with van der Waals surface area (Å²) in [7, 11) is -3.29. The number of benzene rings is 1. The summed E-state index contributed by atoms with van der Waals surface area (Å²) in [6.45, 7) is 0.804. The van der Waals surface area contributed by atoms with Gasteiger partial charge in [-0.3, -0.25) is 4.79 Å². The van der Waals surface area contributed by atoms with Crippen LogP contribution in [0.2, 0.25) is 0 Å². The van der Waals surface area contributed by atoms with Crippen LogP contribution in [0.15, 0.2) is 59.3 Å². The van der Waals surface area contributed by atoms with Crippen LogP contribution in [0.1, 0.15) is 30.9 Å². The van der Waals surface area contributed by atoms with E-state index in [0.717, 1.165) is 0 Å². The van der Waals surface area contributed by atoms with Crippen molar-refractivity contribution in [3.63, 3.8) is 0 Å². The third-order valence-corrected chi connectivity index (χ3v) is 7.61. The molecular weight excluding hydrogens is 506 g/mol. The van der Waals surface area contributed by atoms with Crippen molar-refractivity contribution >= 4 is 27.3 Å². The Hall–Kier alpha value is -3.71. The molecule has 0 saturated carbocycles. The molecule has 37 heavy (non-hydrogen) atoms. The molecule has 0 unspecified atom stereocenters. The van der Waals surface area contributed by atoms with E-state index in [-0.39, 0.29) is 24.3 Å². The molecule has 0 atom stereocenters. The van der Waals surface area contributed by atoms with Gasteiger partial charge in [0.15, 0.2) is 0 Å². The van der Waals surface area contributed by atoms with Crippen LogP contribution in [0.25, 0.3) is 17.1 Å². The number of aromatic nitrogens is 4. The number of fused-ring (bicyclic) bond motifs is 1. The van der Waals surface area contributed by atoms with Gasteiger partial charge in [0.1, 0.15) is 5.65 Å². The lowest BCUT2D eigenvalue weighted by molar-refractivity contribution is -0.123. The predicted octanol–water partition coefficient (Wildman–Crippen LogP) is 3.53. The van der Waals surface area contributed by atoms with Crippen LogP contribution in [0.4, 0.5) is 14.5 Å². The molecule has 13 heteroatoms. The average molecular weight is 531 g/mol. The number of alkyl halides is 2. The van der Waals surface area contributed by atoms with E-state index in [1.54, 1.807) is 33.8 Å². The van der Waals surface area contributed by atoms with E-state index >= 15 is 0 Å². The van der Waals surface area contributed by atoms with Crippen molar-refractivity contribution in [2.75, 3.05) is 24.2 Å². The Balaban J connectivity index is 1.39. The van der Waals surface area contributed by atoms with Gasteiger partial charge in [0, 0.05) is 42.7 Å². The van der Waals surface area contributed by atoms with Crippen molar-refractivity contribution in [1.82, 2.24) is 23.9 Å². The molecule has 10 nitrogen and oxygen atoms in total. The van der Waals surface area contributed by atoms with Gasteiger partial charge in [-0.05, 0) is 37.1 Å². The van der Waals surface area contributed by atoms with Gasteiger partial charge in [0.05, 0.1) is 18.5 Å². The Morgan fingerprint density at radius 3 is 2.54 bits per heavy atom. The highest BCUT2D eigenvalue weighted by molar-refractivity contribution is 7.88. The molecule has 1 aliphatic heterocycles. The summed E-state index contributed by atoms with van der Waals surface area (Å²) in [5.74, 6) is -1.20. The quantitative estimate of drug-likeness (QED) is 0.359. The lowest BCUT2D eigenvalue weighted by Crippen LogP contribution is -2.44. The molecule has 1 aliphatic rings. The van der Waals surface area contributed by atoms with Crippen molar-refractivity contribution in [1.29, 1.82) is 0 Å². The maximum Gasteiger partial charge on any atom is 0.314 e. The fourth-order valence-corrected chi connectivity index (χ4v) is 5.28. The van der Waals surface area contributed by atoms with Gasteiger partial charge >= 0.3 is 6.43 Å². The molecule has 4 heterocycles. The molecule has 1 saturated heterocycles. The van der Waals surface area contributed by atoms with Gasteiger partial charge in [0.25, 0.3) is 5.89 Å². The summed E-state index contributed by atoms with van der Waals surface area (Å²) in [4.78, 5) is 19.9. The minimum absolute atomic E-state index is 0.0381. The lowest BCUT2D eigenvalue weighted by Gasteiger charge is -2.33. The minimum Gasteiger partial charge on any atom is -0.415 e. The second-order valence-electron chi connectivity index (χ2n) is 8.86. The molecule has 1 fully saturated rings. The van der Waals surface area contributed by atoms with Crippen LogP contribution in [-0.4, -0.2) is 57.6 Å². The van der Waals surface area contributed by atoms with Crippen LogP contribution in [-0.2, 0) is 21.4 Å². The van der Waals surface area contributed by atoms with E-state index in [0.29, 0.717) is 48.5 Å². The number of hydrogen-bond donors (Lipinski definition) is 0. The van der Waals surface area contributed by atoms with Crippen molar-refractivity contribution < 1.29 is 26.4 Å². The molecule has 0 spiro atoms. The van der Waals surface area contributed by atoms with E-state index in [4.69, 9.17) is 4.42 Å². The van der Waals surface area contributed by atoms with Crippen LogP contribution in [0, 0.1) is 5.92 Å². The Morgan fingerprint density at radius 2 is 1.89 bits per heavy atom. The van der Waals surface area contributed by atoms with Crippen LogP contribution >= 0.6 is 0 Å². The summed E-state index contributed by atoms with van der Waals surface area (Å²) >= 11 is 0. The Labute approximate surface area is 211 Å². The molecule has 3 aromatic heterocycles.